The Hall–Kier alpha value is -3.35. The number of methoxy groups -OCH3 is 1. The van der Waals surface area contributed by atoms with E-state index in [1.807, 2.05) is 0 Å². The fourth-order valence-corrected chi connectivity index (χ4v) is 2.39. The maximum absolute atomic E-state index is 11.5. The fraction of sp³-hybridized carbons (Fsp3) is 0.0625. The van der Waals surface area contributed by atoms with Crippen LogP contribution in [0.1, 0.15) is 21.0 Å². The SMILES string of the molecule is COc1ccc(-c2nc(C(=O)O)c3cccc(C(=O)O)n23)cc1. The Morgan fingerprint density at radius 2 is 1.74 bits per heavy atom. The van der Waals surface area contributed by atoms with Crippen LogP contribution in [0.4, 0.5) is 0 Å². The van der Waals surface area contributed by atoms with Crippen molar-refractivity contribution >= 4 is 17.5 Å². The molecule has 0 saturated carbocycles. The minimum absolute atomic E-state index is 0.0617. The third kappa shape index (κ3) is 2.38. The van der Waals surface area contributed by atoms with Crippen LogP contribution < -0.4 is 4.74 Å². The number of carboxylic acid groups (broad SMARTS) is 2. The number of nitrogens with zero attached hydrogens (tertiary/aromatic N) is 2. The van der Waals surface area contributed by atoms with Crippen molar-refractivity contribution in [3.63, 3.8) is 0 Å². The van der Waals surface area contributed by atoms with Crippen LogP contribution in [0.2, 0.25) is 0 Å². The average Bonchev–Trinajstić information content (AvgIpc) is 2.94. The Bertz CT molecular complexity index is 912. The Morgan fingerprint density at radius 3 is 2.30 bits per heavy atom. The molecule has 0 saturated heterocycles. The molecule has 1 aromatic carbocycles. The summed E-state index contributed by atoms with van der Waals surface area (Å²) in [6, 6.07) is 11.2. The van der Waals surface area contributed by atoms with Gasteiger partial charge in [-0.1, -0.05) is 6.07 Å². The zero-order chi connectivity index (χ0) is 16.6. The maximum Gasteiger partial charge on any atom is 0.356 e. The first-order valence-corrected chi connectivity index (χ1v) is 6.65. The molecule has 0 fully saturated rings. The smallest absolute Gasteiger partial charge is 0.356 e. The third-order valence-electron chi connectivity index (χ3n) is 3.43. The Kier molecular flexibility index (Phi) is 3.46. The third-order valence-corrected chi connectivity index (χ3v) is 3.43. The molecular weight excluding hydrogens is 300 g/mol. The van der Waals surface area contributed by atoms with Crippen LogP contribution in [-0.2, 0) is 0 Å². The summed E-state index contributed by atoms with van der Waals surface area (Å²) in [5.41, 5.74) is 0.553. The van der Waals surface area contributed by atoms with Gasteiger partial charge < -0.3 is 14.9 Å². The Morgan fingerprint density at radius 1 is 1.04 bits per heavy atom. The quantitative estimate of drug-likeness (QED) is 0.767. The second kappa shape index (κ2) is 5.45. The monoisotopic (exact) mass is 312 g/mol. The maximum atomic E-state index is 11.5. The average molecular weight is 312 g/mol. The number of hydrogen-bond acceptors (Lipinski definition) is 4. The number of fused-ring (bicyclic) bond motifs is 1. The number of benzene rings is 1. The molecule has 116 valence electrons. The highest BCUT2D eigenvalue weighted by atomic mass is 16.5. The van der Waals surface area contributed by atoms with E-state index in [1.54, 1.807) is 24.3 Å². The first-order chi connectivity index (χ1) is 11.0. The topological polar surface area (TPSA) is 101 Å². The molecule has 0 aliphatic carbocycles. The lowest BCUT2D eigenvalue weighted by Gasteiger charge is -2.06. The molecule has 3 aromatic rings. The number of carboxylic acids is 2. The minimum atomic E-state index is -1.22. The summed E-state index contributed by atoms with van der Waals surface area (Å²) < 4.78 is 6.41. The Balaban J connectivity index is 2.34. The summed E-state index contributed by atoms with van der Waals surface area (Å²) in [4.78, 5) is 27.0. The van der Waals surface area contributed by atoms with Gasteiger partial charge in [-0.05, 0) is 36.4 Å². The van der Waals surface area contributed by atoms with E-state index < -0.39 is 11.9 Å². The van der Waals surface area contributed by atoms with Crippen LogP contribution in [0, 0.1) is 0 Å². The minimum Gasteiger partial charge on any atom is -0.497 e. The molecule has 0 atom stereocenters. The standard InChI is InChI=1S/C16H12N2O5/c1-23-10-7-5-9(6-8-10)14-17-13(16(21)22)11-3-2-4-12(15(19)20)18(11)14/h2-8H,1H3,(H,19,20)(H,21,22). The zero-order valence-corrected chi connectivity index (χ0v) is 12.1. The molecule has 0 unspecified atom stereocenters. The van der Waals surface area contributed by atoms with Gasteiger partial charge in [-0.15, -0.1) is 0 Å². The number of carbonyl (C=O) groups is 2. The summed E-state index contributed by atoms with van der Waals surface area (Å²) in [5, 5.41) is 18.7. The number of pyridine rings is 1. The summed E-state index contributed by atoms with van der Waals surface area (Å²) in [5.74, 6) is -1.51. The number of imidazole rings is 1. The van der Waals surface area contributed by atoms with Crippen molar-refractivity contribution in [2.75, 3.05) is 7.11 Å². The molecule has 3 rings (SSSR count). The summed E-state index contributed by atoms with van der Waals surface area (Å²) >= 11 is 0. The van der Waals surface area contributed by atoms with E-state index in [-0.39, 0.29) is 22.7 Å². The van der Waals surface area contributed by atoms with E-state index in [1.165, 1.54) is 29.7 Å². The first-order valence-electron chi connectivity index (χ1n) is 6.65. The lowest BCUT2D eigenvalue weighted by Crippen LogP contribution is -2.06. The number of aromatic carboxylic acids is 2. The lowest BCUT2D eigenvalue weighted by molar-refractivity contribution is 0.0678. The lowest BCUT2D eigenvalue weighted by atomic mass is 10.2. The van der Waals surface area contributed by atoms with Gasteiger partial charge in [0, 0.05) is 5.56 Å². The predicted octanol–water partition coefficient (Wildman–Crippen LogP) is 2.41. The second-order valence-electron chi connectivity index (χ2n) is 4.75. The van der Waals surface area contributed by atoms with Gasteiger partial charge in [-0.25, -0.2) is 14.6 Å². The number of hydrogen-bond donors (Lipinski definition) is 2. The highest BCUT2D eigenvalue weighted by molar-refractivity contribution is 5.97. The van der Waals surface area contributed by atoms with Crippen LogP contribution >= 0.6 is 0 Å². The van der Waals surface area contributed by atoms with Gasteiger partial charge in [0.2, 0.25) is 0 Å². The second-order valence-corrected chi connectivity index (χ2v) is 4.75. The van der Waals surface area contributed by atoms with Gasteiger partial charge >= 0.3 is 11.9 Å². The molecule has 0 aliphatic heterocycles. The molecule has 2 aromatic heterocycles. The van der Waals surface area contributed by atoms with E-state index in [9.17, 15) is 19.8 Å². The largest absolute Gasteiger partial charge is 0.497 e. The van der Waals surface area contributed by atoms with Crippen molar-refractivity contribution in [2.24, 2.45) is 0 Å². The molecule has 23 heavy (non-hydrogen) atoms. The van der Waals surface area contributed by atoms with E-state index in [4.69, 9.17) is 4.74 Å². The highest BCUT2D eigenvalue weighted by Crippen LogP contribution is 2.26. The summed E-state index contributed by atoms with van der Waals surface area (Å²) in [7, 11) is 1.53. The molecule has 2 heterocycles. The molecule has 0 spiro atoms. The number of ether oxygens (including phenoxy) is 1. The van der Waals surface area contributed by atoms with Crippen LogP contribution in [-0.4, -0.2) is 38.6 Å². The van der Waals surface area contributed by atoms with Gasteiger partial charge in [0.05, 0.1) is 12.6 Å². The van der Waals surface area contributed by atoms with Gasteiger partial charge in [-0.2, -0.15) is 0 Å². The van der Waals surface area contributed by atoms with Gasteiger partial charge in [0.15, 0.2) is 5.69 Å². The van der Waals surface area contributed by atoms with Crippen molar-refractivity contribution in [2.45, 2.75) is 0 Å². The van der Waals surface area contributed by atoms with Crippen molar-refractivity contribution in [3.8, 4) is 17.1 Å². The van der Waals surface area contributed by atoms with Crippen LogP contribution in [0.25, 0.3) is 16.9 Å². The Labute approximate surface area is 130 Å². The highest BCUT2D eigenvalue weighted by Gasteiger charge is 2.21. The van der Waals surface area contributed by atoms with E-state index in [0.717, 1.165) is 0 Å². The van der Waals surface area contributed by atoms with Crippen molar-refractivity contribution in [1.82, 2.24) is 9.38 Å². The van der Waals surface area contributed by atoms with Gasteiger partial charge in [-0.3, -0.25) is 4.40 Å². The zero-order valence-electron chi connectivity index (χ0n) is 12.1. The molecule has 7 nitrogen and oxygen atoms in total. The number of rotatable bonds is 4. The number of aromatic nitrogens is 2. The van der Waals surface area contributed by atoms with Crippen molar-refractivity contribution < 1.29 is 24.5 Å². The van der Waals surface area contributed by atoms with Crippen molar-refractivity contribution in [3.05, 3.63) is 53.9 Å². The molecule has 2 N–H and O–H groups in total. The molecular formula is C16H12N2O5. The summed E-state index contributed by atoms with van der Waals surface area (Å²) in [6.45, 7) is 0. The fourth-order valence-electron chi connectivity index (χ4n) is 2.39. The van der Waals surface area contributed by atoms with Gasteiger partial charge in [0.25, 0.3) is 0 Å². The predicted molar refractivity (Wildman–Crippen MR) is 81.1 cm³/mol. The normalized spacial score (nSPS) is 10.7. The summed E-state index contributed by atoms with van der Waals surface area (Å²) in [6.07, 6.45) is 0. The van der Waals surface area contributed by atoms with Crippen LogP contribution in [0.15, 0.2) is 42.5 Å². The van der Waals surface area contributed by atoms with E-state index in [2.05, 4.69) is 4.98 Å². The van der Waals surface area contributed by atoms with Crippen molar-refractivity contribution in [1.29, 1.82) is 0 Å². The van der Waals surface area contributed by atoms with Crippen LogP contribution in [0.3, 0.4) is 0 Å². The molecule has 0 amide bonds. The van der Waals surface area contributed by atoms with E-state index >= 15 is 0 Å². The first kappa shape index (κ1) is 14.6. The molecule has 0 radical (unpaired) electrons. The molecule has 7 heteroatoms. The van der Waals surface area contributed by atoms with Gasteiger partial charge in [0.1, 0.15) is 17.3 Å². The molecule has 0 bridgehead atoms. The van der Waals surface area contributed by atoms with Crippen LogP contribution in [0.5, 0.6) is 5.75 Å². The molecule has 0 aliphatic rings. The van der Waals surface area contributed by atoms with E-state index in [0.29, 0.717) is 11.3 Å².